The van der Waals surface area contributed by atoms with Gasteiger partial charge in [-0.15, -0.1) is 0 Å². The lowest BCUT2D eigenvalue weighted by molar-refractivity contribution is -0.121. The molecule has 0 bridgehead atoms. The number of ether oxygens (including phenoxy) is 1. The monoisotopic (exact) mass is 479 g/mol. The Labute approximate surface area is 195 Å². The highest BCUT2D eigenvalue weighted by Gasteiger charge is 2.27. The van der Waals surface area contributed by atoms with Gasteiger partial charge < -0.3 is 10.1 Å². The fourth-order valence-electron chi connectivity index (χ4n) is 3.47. The van der Waals surface area contributed by atoms with Crippen molar-refractivity contribution in [1.82, 2.24) is 14.5 Å². The molecule has 2 aromatic rings. The molecule has 1 aliphatic heterocycles. The first-order valence-electron chi connectivity index (χ1n) is 10.7. The first kappa shape index (κ1) is 24.7. The van der Waals surface area contributed by atoms with Gasteiger partial charge in [0, 0.05) is 31.2 Å². The first-order valence-corrected chi connectivity index (χ1v) is 12.5. The highest BCUT2D eigenvalue weighted by atomic mass is 35.5. The number of nitrogens with zero attached hydrogens (tertiary/aromatic N) is 2. The van der Waals surface area contributed by atoms with Gasteiger partial charge in [-0.2, -0.15) is 4.31 Å². The van der Waals surface area contributed by atoms with E-state index in [1.54, 1.807) is 48.5 Å². The van der Waals surface area contributed by atoms with Gasteiger partial charge in [-0.3, -0.25) is 9.69 Å². The molecule has 7 nitrogen and oxygen atoms in total. The van der Waals surface area contributed by atoms with Crippen molar-refractivity contribution in [1.29, 1.82) is 0 Å². The number of hydrogen-bond acceptors (Lipinski definition) is 5. The second-order valence-electron chi connectivity index (χ2n) is 7.84. The Morgan fingerprint density at radius 3 is 2.50 bits per heavy atom. The van der Waals surface area contributed by atoms with E-state index in [1.165, 1.54) is 4.31 Å². The first-order chi connectivity index (χ1) is 15.4. The minimum Gasteiger partial charge on any atom is -0.379 e. The summed E-state index contributed by atoms with van der Waals surface area (Å²) in [6.45, 7) is 6.25. The quantitative estimate of drug-likeness (QED) is 0.530. The molecular formula is C23H30ClN3O4S. The number of carbonyl (C=O) groups excluding carboxylic acids is 1. The van der Waals surface area contributed by atoms with Crippen LogP contribution in [0, 0.1) is 6.92 Å². The summed E-state index contributed by atoms with van der Waals surface area (Å²) in [4.78, 5) is 15.1. The number of amides is 1. The summed E-state index contributed by atoms with van der Waals surface area (Å²) in [5, 5.41) is 3.31. The van der Waals surface area contributed by atoms with Gasteiger partial charge in [0.2, 0.25) is 15.9 Å². The SMILES string of the molecule is Cc1ccc(S(=O)(=O)N(CC(=O)NCCCN2CCOCC2)Cc2ccccc2Cl)cc1. The standard InChI is InChI=1S/C23H30ClN3O4S/c1-19-7-9-21(10-8-19)32(29,30)27(17-20-5-2-3-6-22(20)24)18-23(28)25-11-4-12-26-13-15-31-16-14-26/h2-3,5-10H,4,11-18H2,1H3,(H,25,28). The zero-order valence-corrected chi connectivity index (χ0v) is 19.9. The summed E-state index contributed by atoms with van der Waals surface area (Å²) < 4.78 is 33.1. The number of sulfonamides is 1. The van der Waals surface area contributed by atoms with Crippen molar-refractivity contribution < 1.29 is 17.9 Å². The van der Waals surface area contributed by atoms with Crippen molar-refractivity contribution in [2.75, 3.05) is 45.9 Å². The van der Waals surface area contributed by atoms with E-state index in [4.69, 9.17) is 16.3 Å². The summed E-state index contributed by atoms with van der Waals surface area (Å²) in [6.07, 6.45) is 0.793. The molecule has 1 fully saturated rings. The second-order valence-corrected chi connectivity index (χ2v) is 10.2. The molecule has 1 amide bonds. The molecule has 0 unspecified atom stereocenters. The Morgan fingerprint density at radius 1 is 1.12 bits per heavy atom. The van der Waals surface area contributed by atoms with Crippen molar-refractivity contribution in [3.63, 3.8) is 0 Å². The maximum absolute atomic E-state index is 13.3. The fraction of sp³-hybridized carbons (Fsp3) is 0.435. The van der Waals surface area contributed by atoms with Gasteiger partial charge in [0.1, 0.15) is 0 Å². The molecule has 0 spiro atoms. The average Bonchev–Trinajstić information content (AvgIpc) is 2.78. The van der Waals surface area contributed by atoms with Gasteiger partial charge in [-0.05, 0) is 43.7 Å². The third-order valence-corrected chi connectivity index (χ3v) is 7.53. The van der Waals surface area contributed by atoms with Gasteiger partial charge in [0.05, 0.1) is 24.7 Å². The average molecular weight is 480 g/mol. The molecule has 9 heteroatoms. The number of hydrogen-bond donors (Lipinski definition) is 1. The van der Waals surface area contributed by atoms with E-state index in [1.807, 2.05) is 6.92 Å². The van der Waals surface area contributed by atoms with Crippen molar-refractivity contribution in [2.45, 2.75) is 24.8 Å². The van der Waals surface area contributed by atoms with Crippen LogP contribution in [-0.4, -0.2) is 69.5 Å². The number of halogens is 1. The number of carbonyl (C=O) groups is 1. The lowest BCUT2D eigenvalue weighted by atomic mass is 10.2. The van der Waals surface area contributed by atoms with E-state index in [-0.39, 0.29) is 23.9 Å². The minimum absolute atomic E-state index is 0.0110. The van der Waals surface area contributed by atoms with Crippen molar-refractivity contribution in [2.24, 2.45) is 0 Å². The predicted molar refractivity (Wildman–Crippen MR) is 125 cm³/mol. The van der Waals surface area contributed by atoms with E-state index in [0.29, 0.717) is 17.1 Å². The summed E-state index contributed by atoms with van der Waals surface area (Å²) in [6, 6.07) is 13.7. The van der Waals surface area contributed by atoms with Crippen LogP contribution >= 0.6 is 11.6 Å². The predicted octanol–water partition coefficient (Wildman–Crippen LogP) is 2.68. The van der Waals surface area contributed by atoms with Gasteiger partial charge in [-0.25, -0.2) is 8.42 Å². The zero-order valence-electron chi connectivity index (χ0n) is 18.3. The highest BCUT2D eigenvalue weighted by molar-refractivity contribution is 7.89. The number of morpholine rings is 1. The second kappa shape index (κ2) is 11.8. The number of rotatable bonds is 10. The molecule has 174 valence electrons. The fourth-order valence-corrected chi connectivity index (χ4v) is 5.04. The van der Waals surface area contributed by atoms with E-state index < -0.39 is 10.0 Å². The molecule has 0 aliphatic carbocycles. The number of nitrogens with one attached hydrogen (secondary N) is 1. The molecule has 1 N–H and O–H groups in total. The molecule has 0 radical (unpaired) electrons. The Kier molecular flexibility index (Phi) is 9.07. The molecular weight excluding hydrogens is 450 g/mol. The van der Waals surface area contributed by atoms with Crippen LogP contribution in [0.5, 0.6) is 0 Å². The lowest BCUT2D eigenvalue weighted by Gasteiger charge is -2.26. The normalized spacial score (nSPS) is 15.1. The summed E-state index contributed by atoms with van der Waals surface area (Å²) in [7, 11) is -3.88. The molecule has 32 heavy (non-hydrogen) atoms. The molecule has 0 atom stereocenters. The zero-order chi connectivity index (χ0) is 23.0. The maximum Gasteiger partial charge on any atom is 0.243 e. The lowest BCUT2D eigenvalue weighted by Crippen LogP contribution is -2.41. The van der Waals surface area contributed by atoms with Crippen LogP contribution in [0.15, 0.2) is 53.4 Å². The molecule has 3 rings (SSSR count). The molecule has 1 aliphatic rings. The largest absolute Gasteiger partial charge is 0.379 e. The third-order valence-electron chi connectivity index (χ3n) is 5.36. The van der Waals surface area contributed by atoms with E-state index in [2.05, 4.69) is 10.2 Å². The van der Waals surface area contributed by atoms with Crippen LogP contribution in [0.25, 0.3) is 0 Å². The van der Waals surface area contributed by atoms with Crippen molar-refractivity contribution in [3.05, 3.63) is 64.7 Å². The molecule has 2 aromatic carbocycles. The molecule has 1 heterocycles. The van der Waals surface area contributed by atoms with E-state index in [9.17, 15) is 13.2 Å². The summed E-state index contributed by atoms with van der Waals surface area (Å²) in [5.74, 6) is -0.338. The maximum atomic E-state index is 13.3. The molecule has 0 aromatic heterocycles. The molecule has 1 saturated heterocycles. The Balaban J connectivity index is 1.65. The summed E-state index contributed by atoms with van der Waals surface area (Å²) in [5.41, 5.74) is 1.60. The number of benzene rings is 2. The van der Waals surface area contributed by atoms with E-state index >= 15 is 0 Å². The van der Waals surface area contributed by atoms with Crippen molar-refractivity contribution >= 4 is 27.5 Å². The Bertz CT molecular complexity index is 993. The number of aryl methyl sites for hydroxylation is 1. The summed E-state index contributed by atoms with van der Waals surface area (Å²) >= 11 is 6.26. The Hall–Kier alpha value is -1.97. The van der Waals surface area contributed by atoms with Gasteiger partial charge in [0.15, 0.2) is 0 Å². The van der Waals surface area contributed by atoms with Crippen LogP contribution in [0.1, 0.15) is 17.5 Å². The molecule has 0 saturated carbocycles. The van der Waals surface area contributed by atoms with Crippen molar-refractivity contribution in [3.8, 4) is 0 Å². The van der Waals surface area contributed by atoms with Gasteiger partial charge >= 0.3 is 0 Å². The minimum atomic E-state index is -3.88. The van der Waals surface area contributed by atoms with E-state index in [0.717, 1.165) is 44.8 Å². The van der Waals surface area contributed by atoms with Gasteiger partial charge in [-0.1, -0.05) is 47.5 Å². The van der Waals surface area contributed by atoms with Crippen LogP contribution < -0.4 is 5.32 Å². The van der Waals surface area contributed by atoms with Crippen LogP contribution in [-0.2, 0) is 26.1 Å². The third kappa shape index (κ3) is 7.02. The van der Waals surface area contributed by atoms with Crippen LogP contribution in [0.2, 0.25) is 5.02 Å². The smallest absolute Gasteiger partial charge is 0.243 e. The highest BCUT2D eigenvalue weighted by Crippen LogP contribution is 2.22. The van der Waals surface area contributed by atoms with Gasteiger partial charge in [0.25, 0.3) is 0 Å². The Morgan fingerprint density at radius 2 is 1.81 bits per heavy atom. The topological polar surface area (TPSA) is 79.0 Å². The van der Waals surface area contributed by atoms with Crippen LogP contribution in [0.3, 0.4) is 0 Å². The van der Waals surface area contributed by atoms with Crippen LogP contribution in [0.4, 0.5) is 0 Å².